The molecule has 0 saturated carbocycles. The molecule has 1 aliphatic heterocycles. The number of hydrazine groups is 1. The van der Waals surface area contributed by atoms with Crippen LogP contribution in [0.15, 0.2) is 0 Å². The molecule has 1 aliphatic rings. The Bertz CT molecular complexity index is 326. The molecule has 0 aliphatic carbocycles. The van der Waals surface area contributed by atoms with Crippen LogP contribution in [0.4, 0.5) is 4.79 Å². The summed E-state index contributed by atoms with van der Waals surface area (Å²) in [6, 6.07) is 0.288. The lowest BCUT2D eigenvalue weighted by molar-refractivity contribution is 0.0285. The van der Waals surface area contributed by atoms with Crippen LogP contribution >= 0.6 is 0 Å². The van der Waals surface area contributed by atoms with Crippen molar-refractivity contribution in [3.8, 4) is 0 Å². The molecule has 1 fully saturated rings. The normalized spacial score (nSPS) is 20.9. The summed E-state index contributed by atoms with van der Waals surface area (Å²) in [6.07, 6.45) is 4.26. The quantitative estimate of drug-likeness (QED) is 0.584. The third kappa shape index (κ3) is 6.66. The van der Waals surface area contributed by atoms with E-state index in [9.17, 15) is 4.79 Å². The van der Waals surface area contributed by atoms with Gasteiger partial charge in [-0.2, -0.15) is 0 Å². The van der Waals surface area contributed by atoms with Crippen LogP contribution in [-0.4, -0.2) is 35.7 Å². The highest BCUT2D eigenvalue weighted by Gasteiger charge is 2.33. The van der Waals surface area contributed by atoms with E-state index < -0.39 is 5.60 Å². The molecule has 5 nitrogen and oxygen atoms in total. The average Bonchev–Trinajstić information content (AvgIpc) is 2.81. The van der Waals surface area contributed by atoms with E-state index in [2.05, 4.69) is 19.3 Å². The molecule has 1 heterocycles. The maximum Gasteiger partial charge on any atom is 0.410 e. The van der Waals surface area contributed by atoms with Crippen LogP contribution in [0.2, 0.25) is 0 Å². The van der Waals surface area contributed by atoms with Crippen molar-refractivity contribution in [2.75, 3.05) is 13.1 Å². The third-order valence-corrected chi connectivity index (χ3v) is 3.96. The van der Waals surface area contributed by atoms with Gasteiger partial charge in [0, 0.05) is 19.1 Å². The van der Waals surface area contributed by atoms with Gasteiger partial charge >= 0.3 is 6.09 Å². The Kier molecular flexibility index (Phi) is 6.94. The summed E-state index contributed by atoms with van der Waals surface area (Å²) in [5, 5.41) is 0. The highest BCUT2D eigenvalue weighted by molar-refractivity contribution is 5.68. The molecular weight excluding hydrogens is 266 g/mol. The lowest BCUT2D eigenvalue weighted by Gasteiger charge is -2.26. The minimum Gasteiger partial charge on any atom is -0.444 e. The summed E-state index contributed by atoms with van der Waals surface area (Å²) in [7, 11) is 0. The van der Waals surface area contributed by atoms with Crippen LogP contribution < -0.4 is 11.3 Å². The Labute approximate surface area is 129 Å². The van der Waals surface area contributed by atoms with Crippen molar-refractivity contribution in [1.29, 1.82) is 0 Å². The standard InChI is InChI=1S/C16H33N3O2/c1-12(2)7-6-8-14(18-17)13-9-10-19(11-13)15(20)21-16(3,4)5/h12-14,18H,6-11,17H2,1-5H3. The van der Waals surface area contributed by atoms with Crippen LogP contribution in [0.3, 0.4) is 0 Å². The van der Waals surface area contributed by atoms with Gasteiger partial charge in [0.1, 0.15) is 5.60 Å². The molecule has 3 N–H and O–H groups in total. The van der Waals surface area contributed by atoms with Crippen molar-refractivity contribution in [2.45, 2.75) is 71.9 Å². The van der Waals surface area contributed by atoms with E-state index in [1.807, 2.05) is 25.7 Å². The van der Waals surface area contributed by atoms with E-state index in [1.165, 1.54) is 12.8 Å². The molecule has 2 unspecified atom stereocenters. The molecule has 0 aromatic heterocycles. The van der Waals surface area contributed by atoms with Crippen molar-refractivity contribution < 1.29 is 9.53 Å². The number of hydrogen-bond donors (Lipinski definition) is 2. The minimum atomic E-state index is -0.433. The molecule has 0 spiro atoms. The molecule has 124 valence electrons. The molecule has 5 heteroatoms. The Morgan fingerprint density at radius 2 is 2.05 bits per heavy atom. The average molecular weight is 299 g/mol. The number of nitrogens with zero attached hydrogens (tertiary/aromatic N) is 1. The summed E-state index contributed by atoms with van der Waals surface area (Å²) in [5.41, 5.74) is 2.51. The van der Waals surface area contributed by atoms with Crippen molar-refractivity contribution in [3.63, 3.8) is 0 Å². The SMILES string of the molecule is CC(C)CCCC(NN)C1CCN(C(=O)OC(C)(C)C)C1. The largest absolute Gasteiger partial charge is 0.444 e. The number of carbonyl (C=O) groups is 1. The number of likely N-dealkylation sites (tertiary alicyclic amines) is 1. The maximum absolute atomic E-state index is 12.1. The zero-order valence-corrected chi connectivity index (χ0v) is 14.3. The van der Waals surface area contributed by atoms with E-state index >= 15 is 0 Å². The number of ether oxygens (including phenoxy) is 1. The minimum absolute atomic E-state index is 0.206. The summed E-state index contributed by atoms with van der Waals surface area (Å²) >= 11 is 0. The summed E-state index contributed by atoms with van der Waals surface area (Å²) in [6.45, 7) is 11.7. The first-order valence-electron chi connectivity index (χ1n) is 8.17. The van der Waals surface area contributed by atoms with Gasteiger partial charge in [-0.25, -0.2) is 4.79 Å². The number of nitrogens with one attached hydrogen (secondary N) is 1. The van der Waals surface area contributed by atoms with Crippen LogP contribution in [0.25, 0.3) is 0 Å². The highest BCUT2D eigenvalue weighted by atomic mass is 16.6. The second-order valence-electron chi connectivity index (χ2n) is 7.57. The molecule has 1 saturated heterocycles. The molecule has 0 bridgehead atoms. The first-order chi connectivity index (χ1) is 9.73. The zero-order valence-electron chi connectivity index (χ0n) is 14.3. The smallest absolute Gasteiger partial charge is 0.410 e. The fraction of sp³-hybridized carbons (Fsp3) is 0.938. The Balaban J connectivity index is 2.42. The lowest BCUT2D eigenvalue weighted by Crippen LogP contribution is -2.43. The van der Waals surface area contributed by atoms with Crippen LogP contribution in [0, 0.1) is 11.8 Å². The van der Waals surface area contributed by atoms with Gasteiger partial charge in [0.2, 0.25) is 0 Å². The van der Waals surface area contributed by atoms with Gasteiger partial charge in [0.05, 0.1) is 0 Å². The van der Waals surface area contributed by atoms with Crippen molar-refractivity contribution in [3.05, 3.63) is 0 Å². The van der Waals surface area contributed by atoms with Crippen LogP contribution in [0.5, 0.6) is 0 Å². The highest BCUT2D eigenvalue weighted by Crippen LogP contribution is 2.24. The Morgan fingerprint density at radius 1 is 1.38 bits per heavy atom. The molecule has 0 radical (unpaired) electrons. The number of hydrogen-bond acceptors (Lipinski definition) is 4. The van der Waals surface area contributed by atoms with Crippen molar-refractivity contribution >= 4 is 6.09 Å². The van der Waals surface area contributed by atoms with E-state index in [0.717, 1.165) is 31.8 Å². The molecule has 1 amide bonds. The second-order valence-corrected chi connectivity index (χ2v) is 7.57. The fourth-order valence-electron chi connectivity index (χ4n) is 2.81. The van der Waals surface area contributed by atoms with Gasteiger partial charge in [-0.15, -0.1) is 0 Å². The van der Waals surface area contributed by atoms with Gasteiger partial charge in [-0.1, -0.05) is 26.7 Å². The van der Waals surface area contributed by atoms with Gasteiger partial charge in [-0.3, -0.25) is 11.3 Å². The number of amides is 1. The number of carbonyl (C=O) groups excluding carboxylic acids is 1. The topological polar surface area (TPSA) is 67.6 Å². The van der Waals surface area contributed by atoms with Gasteiger partial charge in [0.15, 0.2) is 0 Å². The monoisotopic (exact) mass is 299 g/mol. The fourth-order valence-corrected chi connectivity index (χ4v) is 2.81. The lowest BCUT2D eigenvalue weighted by atomic mass is 9.93. The molecule has 1 rings (SSSR count). The predicted octanol–water partition coefficient (Wildman–Crippen LogP) is 2.90. The molecule has 0 aromatic carbocycles. The van der Waals surface area contributed by atoms with Gasteiger partial charge in [-0.05, 0) is 45.4 Å². The zero-order chi connectivity index (χ0) is 16.0. The number of nitrogens with two attached hydrogens (primary N) is 1. The summed E-state index contributed by atoms with van der Waals surface area (Å²) < 4.78 is 5.43. The maximum atomic E-state index is 12.1. The second kappa shape index (κ2) is 7.99. The van der Waals surface area contributed by atoms with Crippen LogP contribution in [-0.2, 0) is 4.74 Å². The molecule has 21 heavy (non-hydrogen) atoms. The first-order valence-corrected chi connectivity index (χ1v) is 8.17. The molecule has 0 aromatic rings. The van der Waals surface area contributed by atoms with Crippen molar-refractivity contribution in [2.24, 2.45) is 17.7 Å². The van der Waals surface area contributed by atoms with Crippen LogP contribution in [0.1, 0.15) is 60.3 Å². The molecule has 2 atom stereocenters. The van der Waals surface area contributed by atoms with E-state index in [1.54, 1.807) is 0 Å². The van der Waals surface area contributed by atoms with Gasteiger partial charge in [0.25, 0.3) is 0 Å². The first kappa shape index (κ1) is 18.2. The summed E-state index contributed by atoms with van der Waals surface area (Å²) in [4.78, 5) is 13.9. The van der Waals surface area contributed by atoms with Gasteiger partial charge < -0.3 is 9.64 Å². The van der Waals surface area contributed by atoms with Crippen molar-refractivity contribution in [1.82, 2.24) is 10.3 Å². The Morgan fingerprint density at radius 3 is 2.57 bits per heavy atom. The van der Waals surface area contributed by atoms with E-state index in [4.69, 9.17) is 10.6 Å². The van der Waals surface area contributed by atoms with E-state index in [-0.39, 0.29) is 12.1 Å². The third-order valence-electron chi connectivity index (χ3n) is 3.96. The molecular formula is C16H33N3O2. The number of rotatable bonds is 6. The predicted molar refractivity (Wildman–Crippen MR) is 85.7 cm³/mol. The van der Waals surface area contributed by atoms with E-state index in [0.29, 0.717) is 5.92 Å². The Hall–Kier alpha value is -0.810. The summed E-state index contributed by atoms with van der Waals surface area (Å²) in [5.74, 6) is 6.86.